The van der Waals surface area contributed by atoms with Gasteiger partial charge in [-0.05, 0) is 49.7 Å². The Morgan fingerprint density at radius 3 is 2.65 bits per heavy atom. The highest BCUT2D eigenvalue weighted by Crippen LogP contribution is 2.28. The zero-order valence-corrected chi connectivity index (χ0v) is 18.7. The molecule has 4 aromatic rings. The number of rotatable bonds is 9. The van der Waals surface area contributed by atoms with E-state index in [1.807, 2.05) is 55.5 Å². The van der Waals surface area contributed by atoms with Crippen LogP contribution in [-0.2, 0) is 12.3 Å². The molecule has 0 aliphatic rings. The van der Waals surface area contributed by atoms with E-state index in [2.05, 4.69) is 31.8 Å². The second-order valence-electron chi connectivity index (χ2n) is 7.21. The van der Waals surface area contributed by atoms with Gasteiger partial charge < -0.3 is 13.8 Å². The molecule has 0 aliphatic carbocycles. The van der Waals surface area contributed by atoms with Crippen molar-refractivity contribution in [3.8, 4) is 28.6 Å². The molecule has 2 heterocycles. The summed E-state index contributed by atoms with van der Waals surface area (Å²) in [7, 11) is 1.66. The minimum atomic E-state index is 0.533. The van der Waals surface area contributed by atoms with Gasteiger partial charge in [0, 0.05) is 17.7 Å². The second-order valence-corrected chi connectivity index (χ2v) is 8.16. The molecular weight excluding hydrogens is 410 g/mol. The van der Waals surface area contributed by atoms with E-state index in [1.165, 1.54) is 0 Å². The van der Waals surface area contributed by atoms with Crippen molar-refractivity contribution in [2.24, 2.45) is 0 Å². The molecule has 0 unspecified atom stereocenters. The van der Waals surface area contributed by atoms with Crippen LogP contribution in [0.2, 0.25) is 0 Å². The summed E-state index contributed by atoms with van der Waals surface area (Å²) in [4.78, 5) is 4.54. The van der Waals surface area contributed by atoms with Crippen LogP contribution in [0.4, 0.5) is 0 Å². The van der Waals surface area contributed by atoms with E-state index >= 15 is 0 Å². The first-order chi connectivity index (χ1) is 15.2. The number of ether oxygens (including phenoxy) is 1. The van der Waals surface area contributed by atoms with Gasteiger partial charge in [0.05, 0.1) is 12.9 Å². The molecule has 0 amide bonds. The van der Waals surface area contributed by atoms with Crippen LogP contribution in [0.25, 0.3) is 22.8 Å². The van der Waals surface area contributed by atoms with Crippen LogP contribution in [0.3, 0.4) is 0 Å². The Morgan fingerprint density at radius 2 is 1.90 bits per heavy atom. The molecule has 160 valence electrons. The topological polar surface area (TPSA) is 78.9 Å². The van der Waals surface area contributed by atoms with E-state index < -0.39 is 0 Å². The molecule has 0 fully saturated rings. The third-order valence-electron chi connectivity index (χ3n) is 4.86. The van der Waals surface area contributed by atoms with Crippen LogP contribution >= 0.6 is 11.8 Å². The summed E-state index contributed by atoms with van der Waals surface area (Å²) in [5, 5.41) is 13.9. The van der Waals surface area contributed by atoms with E-state index in [0.29, 0.717) is 17.5 Å². The first kappa shape index (κ1) is 21.1. The van der Waals surface area contributed by atoms with Gasteiger partial charge in [-0.3, -0.25) is 0 Å². The maximum absolute atomic E-state index is 5.46. The summed E-state index contributed by atoms with van der Waals surface area (Å²) < 4.78 is 12.9. The van der Waals surface area contributed by atoms with Crippen LogP contribution in [0, 0.1) is 6.92 Å². The summed E-state index contributed by atoms with van der Waals surface area (Å²) in [6.45, 7) is 5.07. The molecule has 0 saturated carbocycles. The molecule has 2 aromatic heterocycles. The summed E-state index contributed by atoms with van der Waals surface area (Å²) in [5.41, 5.74) is 3.09. The van der Waals surface area contributed by atoms with Gasteiger partial charge in [-0.25, -0.2) is 0 Å². The average Bonchev–Trinajstić information content (AvgIpc) is 3.43. The van der Waals surface area contributed by atoms with Crippen LogP contribution in [0.5, 0.6) is 5.75 Å². The standard InChI is InChI=1S/C23H25N5O2S/c1-4-5-13-28-21(17-9-11-19(29-3)12-10-17)25-26-23(28)31-15-20-24-22(30-27-20)18-8-6-7-16(2)14-18/h6-12,14H,4-5,13,15H2,1-3H3. The van der Waals surface area contributed by atoms with Crippen molar-refractivity contribution in [3.05, 3.63) is 59.9 Å². The smallest absolute Gasteiger partial charge is 0.257 e. The molecule has 0 bridgehead atoms. The number of methoxy groups -OCH3 is 1. The predicted molar refractivity (Wildman–Crippen MR) is 121 cm³/mol. The van der Waals surface area contributed by atoms with E-state index in [0.717, 1.165) is 52.8 Å². The Labute approximate surface area is 185 Å². The fourth-order valence-electron chi connectivity index (χ4n) is 3.20. The third-order valence-corrected chi connectivity index (χ3v) is 5.83. The molecule has 0 saturated heterocycles. The van der Waals surface area contributed by atoms with Crippen molar-refractivity contribution in [3.63, 3.8) is 0 Å². The lowest BCUT2D eigenvalue weighted by Gasteiger charge is -2.09. The minimum absolute atomic E-state index is 0.533. The lowest BCUT2D eigenvalue weighted by molar-refractivity contribution is 0.415. The van der Waals surface area contributed by atoms with Gasteiger partial charge >= 0.3 is 0 Å². The lowest BCUT2D eigenvalue weighted by Crippen LogP contribution is -2.03. The summed E-state index contributed by atoms with van der Waals surface area (Å²) in [6, 6.07) is 15.9. The Balaban J connectivity index is 1.52. The van der Waals surface area contributed by atoms with Gasteiger partial charge in [0.15, 0.2) is 16.8 Å². The fraction of sp³-hybridized carbons (Fsp3) is 0.304. The van der Waals surface area contributed by atoms with Gasteiger partial charge in [0.25, 0.3) is 5.89 Å². The molecule has 4 rings (SSSR count). The van der Waals surface area contributed by atoms with Gasteiger partial charge in [-0.2, -0.15) is 4.98 Å². The summed E-state index contributed by atoms with van der Waals surface area (Å²) >= 11 is 1.57. The van der Waals surface area contributed by atoms with Gasteiger partial charge in [-0.1, -0.05) is 48.0 Å². The van der Waals surface area contributed by atoms with Crippen molar-refractivity contribution < 1.29 is 9.26 Å². The largest absolute Gasteiger partial charge is 0.497 e. The molecule has 31 heavy (non-hydrogen) atoms. The van der Waals surface area contributed by atoms with Gasteiger partial charge in [0.1, 0.15) is 5.75 Å². The monoisotopic (exact) mass is 435 g/mol. The SMILES string of the molecule is CCCCn1c(SCc2noc(-c3cccc(C)c3)n2)nnc1-c1ccc(OC)cc1. The zero-order chi connectivity index (χ0) is 21.6. The molecule has 8 heteroatoms. The number of thioether (sulfide) groups is 1. The maximum Gasteiger partial charge on any atom is 0.257 e. The van der Waals surface area contributed by atoms with Crippen molar-refractivity contribution in [2.75, 3.05) is 7.11 Å². The molecule has 0 atom stereocenters. The van der Waals surface area contributed by atoms with Crippen LogP contribution in [0.15, 0.2) is 58.2 Å². The van der Waals surface area contributed by atoms with E-state index in [1.54, 1.807) is 18.9 Å². The Bertz CT molecular complexity index is 1140. The number of unbranched alkanes of at least 4 members (excludes halogenated alkanes) is 1. The molecule has 0 radical (unpaired) electrons. The number of nitrogens with zero attached hydrogens (tertiary/aromatic N) is 5. The van der Waals surface area contributed by atoms with Crippen LogP contribution in [-0.4, -0.2) is 32.0 Å². The first-order valence-electron chi connectivity index (χ1n) is 10.3. The summed E-state index contributed by atoms with van der Waals surface area (Å²) in [5.74, 6) is 3.40. The average molecular weight is 436 g/mol. The molecule has 0 spiro atoms. The molecule has 0 aliphatic heterocycles. The number of benzene rings is 2. The number of hydrogen-bond donors (Lipinski definition) is 0. The highest BCUT2D eigenvalue weighted by Gasteiger charge is 2.16. The van der Waals surface area contributed by atoms with Crippen LogP contribution in [0.1, 0.15) is 31.2 Å². The maximum atomic E-state index is 5.46. The highest BCUT2D eigenvalue weighted by molar-refractivity contribution is 7.98. The number of hydrogen-bond acceptors (Lipinski definition) is 7. The summed E-state index contributed by atoms with van der Waals surface area (Å²) in [6.07, 6.45) is 2.14. The highest BCUT2D eigenvalue weighted by atomic mass is 32.2. The fourth-order valence-corrected chi connectivity index (χ4v) is 4.01. The lowest BCUT2D eigenvalue weighted by atomic mass is 10.1. The second kappa shape index (κ2) is 9.78. The first-order valence-corrected chi connectivity index (χ1v) is 11.3. The van der Waals surface area contributed by atoms with Crippen molar-refractivity contribution in [2.45, 2.75) is 44.1 Å². The predicted octanol–water partition coefficient (Wildman–Crippen LogP) is 5.40. The third kappa shape index (κ3) is 4.96. The Hall–Kier alpha value is -3.13. The van der Waals surface area contributed by atoms with Crippen LogP contribution < -0.4 is 4.74 Å². The zero-order valence-electron chi connectivity index (χ0n) is 17.9. The molecular formula is C23H25N5O2S. The van der Waals surface area contributed by atoms with E-state index in [9.17, 15) is 0 Å². The van der Waals surface area contributed by atoms with Gasteiger partial charge in [-0.15, -0.1) is 10.2 Å². The normalized spacial score (nSPS) is 11.1. The van der Waals surface area contributed by atoms with Crippen molar-refractivity contribution in [1.29, 1.82) is 0 Å². The quantitative estimate of drug-likeness (QED) is 0.325. The van der Waals surface area contributed by atoms with Gasteiger partial charge in [0.2, 0.25) is 0 Å². The minimum Gasteiger partial charge on any atom is -0.497 e. The van der Waals surface area contributed by atoms with Crippen molar-refractivity contribution >= 4 is 11.8 Å². The number of aryl methyl sites for hydroxylation is 1. The number of aromatic nitrogens is 5. The molecule has 7 nitrogen and oxygen atoms in total. The molecule has 2 aromatic carbocycles. The Morgan fingerprint density at radius 1 is 1.06 bits per heavy atom. The molecule has 0 N–H and O–H groups in total. The Kier molecular flexibility index (Phi) is 6.66. The van der Waals surface area contributed by atoms with Crippen molar-refractivity contribution in [1.82, 2.24) is 24.9 Å². The van der Waals surface area contributed by atoms with E-state index in [4.69, 9.17) is 9.26 Å². The van der Waals surface area contributed by atoms with E-state index in [-0.39, 0.29) is 0 Å².